The molecule has 6 heteroatoms. The molecule has 1 aliphatic rings. The lowest BCUT2D eigenvalue weighted by Crippen LogP contribution is -2.54. The maximum Gasteiger partial charge on any atom is 0.308 e. The van der Waals surface area contributed by atoms with Crippen molar-refractivity contribution in [2.24, 2.45) is 11.8 Å². The van der Waals surface area contributed by atoms with E-state index in [4.69, 9.17) is 4.74 Å². The predicted molar refractivity (Wildman–Crippen MR) is 179 cm³/mol. The van der Waals surface area contributed by atoms with Crippen LogP contribution in [-0.4, -0.2) is 59.8 Å². The third-order valence-electron chi connectivity index (χ3n) is 9.29. The lowest BCUT2D eigenvalue weighted by atomic mass is 9.89. The largest absolute Gasteiger partial charge is 0.461 e. The summed E-state index contributed by atoms with van der Waals surface area (Å²) in [5.41, 5.74) is 2.26. The van der Waals surface area contributed by atoms with Gasteiger partial charge in [-0.1, -0.05) is 133 Å². The molecule has 6 nitrogen and oxygen atoms in total. The van der Waals surface area contributed by atoms with Crippen molar-refractivity contribution in [2.45, 2.75) is 129 Å². The van der Waals surface area contributed by atoms with Gasteiger partial charge in [-0.3, -0.25) is 14.5 Å². The molecule has 2 aromatic rings. The number of benzene rings is 2. The molecule has 5 atom stereocenters. The third-order valence-corrected chi connectivity index (χ3v) is 9.29. The standard InChI is InChI=1S/C38H58N2O4/c1-5-6-7-8-9-10-11-18-23-32-36(25-24-30-19-14-12-15-20-30)44-37(42)27-35(41)34(26-31-21-16-13-17-22-31)40(4)28-33(29(2)3)39-38(32)43/h12-17,19-22,29,32-36,41H,5-11,18,23-28H2,1-4H3,(H,39,43)/t32?,33-,34+,35-,36-/m1/s1. The predicted octanol–water partition coefficient (Wildman–Crippen LogP) is 7.13. The van der Waals surface area contributed by atoms with Crippen molar-refractivity contribution in [2.75, 3.05) is 13.6 Å². The van der Waals surface area contributed by atoms with Crippen LogP contribution in [0.3, 0.4) is 0 Å². The summed E-state index contributed by atoms with van der Waals surface area (Å²) in [7, 11) is 1.98. The number of aryl methyl sites for hydroxylation is 1. The number of nitrogens with one attached hydrogen (secondary N) is 1. The zero-order chi connectivity index (χ0) is 31.7. The lowest BCUT2D eigenvalue weighted by molar-refractivity contribution is -0.158. The summed E-state index contributed by atoms with van der Waals surface area (Å²) >= 11 is 0. The highest BCUT2D eigenvalue weighted by molar-refractivity contribution is 5.80. The molecule has 3 rings (SSSR count). The van der Waals surface area contributed by atoms with Crippen molar-refractivity contribution < 1.29 is 19.4 Å². The number of cyclic esters (lactones) is 1. The van der Waals surface area contributed by atoms with Gasteiger partial charge in [-0.05, 0) is 49.8 Å². The molecule has 0 aliphatic carbocycles. The second-order valence-corrected chi connectivity index (χ2v) is 13.2. The van der Waals surface area contributed by atoms with Crippen molar-refractivity contribution in [1.29, 1.82) is 0 Å². The van der Waals surface area contributed by atoms with Crippen molar-refractivity contribution >= 4 is 11.9 Å². The second kappa shape index (κ2) is 19.6. The van der Waals surface area contributed by atoms with E-state index in [-0.39, 0.29) is 30.3 Å². The number of esters is 1. The van der Waals surface area contributed by atoms with Crippen LogP contribution in [0.15, 0.2) is 60.7 Å². The normalized spacial score (nSPS) is 23.9. The summed E-state index contributed by atoms with van der Waals surface area (Å²) in [5.74, 6) is -0.678. The first-order valence-electron chi connectivity index (χ1n) is 17.2. The van der Waals surface area contributed by atoms with Gasteiger partial charge in [0.1, 0.15) is 6.10 Å². The van der Waals surface area contributed by atoms with Gasteiger partial charge in [-0.15, -0.1) is 0 Å². The van der Waals surface area contributed by atoms with Gasteiger partial charge in [0.15, 0.2) is 0 Å². The molecular formula is C38H58N2O4. The number of amides is 1. The van der Waals surface area contributed by atoms with Crippen LogP contribution in [0.4, 0.5) is 0 Å². The van der Waals surface area contributed by atoms with Gasteiger partial charge in [0.05, 0.1) is 18.4 Å². The zero-order valence-electron chi connectivity index (χ0n) is 27.8. The summed E-state index contributed by atoms with van der Waals surface area (Å²) < 4.78 is 6.17. The molecule has 1 aliphatic heterocycles. The number of likely N-dealkylation sites (N-methyl/N-ethyl adjacent to an activating group) is 1. The molecule has 2 aromatic carbocycles. The Hall–Kier alpha value is -2.70. The molecule has 44 heavy (non-hydrogen) atoms. The van der Waals surface area contributed by atoms with Crippen molar-refractivity contribution in [3.63, 3.8) is 0 Å². The fourth-order valence-electron chi connectivity index (χ4n) is 6.40. The summed E-state index contributed by atoms with van der Waals surface area (Å²) in [4.78, 5) is 29.6. The number of unbranched alkanes of at least 4 members (excludes halogenated alkanes) is 7. The summed E-state index contributed by atoms with van der Waals surface area (Å²) in [5, 5.41) is 14.8. The Bertz CT molecular complexity index is 1080. The van der Waals surface area contributed by atoms with E-state index in [1.165, 1.54) is 38.5 Å². The molecule has 0 bridgehead atoms. The maximum absolute atomic E-state index is 14.1. The van der Waals surface area contributed by atoms with E-state index in [0.29, 0.717) is 25.8 Å². The molecule has 1 unspecified atom stereocenters. The average molecular weight is 607 g/mol. The van der Waals surface area contributed by atoms with E-state index < -0.39 is 24.1 Å². The Kier molecular flexibility index (Phi) is 16.0. The van der Waals surface area contributed by atoms with Gasteiger partial charge in [0.2, 0.25) is 5.91 Å². The van der Waals surface area contributed by atoms with Crippen LogP contribution < -0.4 is 5.32 Å². The molecule has 0 aromatic heterocycles. The van der Waals surface area contributed by atoms with Gasteiger partial charge in [0.25, 0.3) is 0 Å². The highest BCUT2D eigenvalue weighted by Crippen LogP contribution is 2.26. The highest BCUT2D eigenvalue weighted by atomic mass is 16.5. The SMILES string of the molecule is CCCCCCCCCCC1C(=O)N[C@@H](C(C)C)CN(C)[C@@H](Cc2ccccc2)[C@H](O)CC(=O)O[C@@H]1CCc1ccccc1. The third kappa shape index (κ3) is 12.4. The summed E-state index contributed by atoms with van der Waals surface area (Å²) in [6.45, 7) is 7.09. The molecule has 0 saturated carbocycles. The Morgan fingerprint density at radius 2 is 1.45 bits per heavy atom. The first-order valence-corrected chi connectivity index (χ1v) is 17.2. The van der Waals surface area contributed by atoms with E-state index in [2.05, 4.69) is 43.1 Å². The van der Waals surface area contributed by atoms with Gasteiger partial charge in [-0.2, -0.15) is 0 Å². The van der Waals surface area contributed by atoms with Crippen LogP contribution in [0, 0.1) is 11.8 Å². The Balaban J connectivity index is 1.81. The molecule has 0 radical (unpaired) electrons. The maximum atomic E-state index is 14.1. The van der Waals surface area contributed by atoms with Crippen LogP contribution >= 0.6 is 0 Å². The topological polar surface area (TPSA) is 78.9 Å². The highest BCUT2D eigenvalue weighted by Gasteiger charge is 2.36. The number of rotatable bonds is 15. The summed E-state index contributed by atoms with van der Waals surface area (Å²) in [6, 6.07) is 19.8. The first kappa shape index (κ1) is 35.8. The van der Waals surface area contributed by atoms with E-state index in [1.54, 1.807) is 0 Å². The smallest absolute Gasteiger partial charge is 0.308 e. The second-order valence-electron chi connectivity index (χ2n) is 13.2. The minimum absolute atomic E-state index is 0.0216. The van der Waals surface area contributed by atoms with E-state index in [0.717, 1.165) is 30.4 Å². The molecule has 1 heterocycles. The monoisotopic (exact) mass is 606 g/mol. The minimum atomic E-state index is -0.892. The van der Waals surface area contributed by atoms with E-state index >= 15 is 0 Å². The molecule has 1 fully saturated rings. The van der Waals surface area contributed by atoms with Crippen LogP contribution in [0.2, 0.25) is 0 Å². The average Bonchev–Trinajstić information content (AvgIpc) is 3.01. The molecule has 244 valence electrons. The minimum Gasteiger partial charge on any atom is -0.461 e. The number of nitrogens with zero attached hydrogens (tertiary/aromatic N) is 1. The number of carbonyl (C=O) groups excluding carboxylic acids is 2. The molecule has 0 spiro atoms. The van der Waals surface area contributed by atoms with Gasteiger partial charge < -0.3 is 15.2 Å². The number of ether oxygens (including phenoxy) is 1. The Labute approximate surface area is 267 Å². The van der Waals surface area contributed by atoms with E-state index in [9.17, 15) is 14.7 Å². The molecular weight excluding hydrogens is 548 g/mol. The van der Waals surface area contributed by atoms with Crippen LogP contribution in [0.1, 0.15) is 103 Å². The molecule has 2 N–H and O–H groups in total. The number of carbonyl (C=O) groups is 2. The number of aliphatic hydroxyl groups is 1. The molecule has 1 saturated heterocycles. The fraction of sp³-hybridized carbons (Fsp3) is 0.632. The number of hydrogen-bond acceptors (Lipinski definition) is 5. The van der Waals surface area contributed by atoms with Gasteiger partial charge in [0, 0.05) is 18.6 Å². The van der Waals surface area contributed by atoms with Crippen molar-refractivity contribution in [1.82, 2.24) is 10.2 Å². The van der Waals surface area contributed by atoms with E-state index in [1.807, 2.05) is 55.6 Å². The van der Waals surface area contributed by atoms with Gasteiger partial charge >= 0.3 is 5.97 Å². The zero-order valence-corrected chi connectivity index (χ0v) is 27.8. The van der Waals surface area contributed by atoms with Gasteiger partial charge in [-0.25, -0.2) is 0 Å². The lowest BCUT2D eigenvalue weighted by Gasteiger charge is -2.38. The summed E-state index contributed by atoms with van der Waals surface area (Å²) in [6.07, 6.45) is 10.6. The van der Waals surface area contributed by atoms with Crippen LogP contribution in [0.25, 0.3) is 0 Å². The van der Waals surface area contributed by atoms with Crippen LogP contribution in [0.5, 0.6) is 0 Å². The van der Waals surface area contributed by atoms with Crippen molar-refractivity contribution in [3.8, 4) is 0 Å². The number of aliphatic hydroxyl groups excluding tert-OH is 1. The van der Waals surface area contributed by atoms with Crippen molar-refractivity contribution in [3.05, 3.63) is 71.8 Å². The Morgan fingerprint density at radius 3 is 2.07 bits per heavy atom. The Morgan fingerprint density at radius 1 is 0.864 bits per heavy atom. The van der Waals surface area contributed by atoms with Crippen LogP contribution in [-0.2, 0) is 27.2 Å². The quantitative estimate of drug-likeness (QED) is 0.167. The molecule has 1 amide bonds. The first-order chi connectivity index (χ1) is 21.3. The number of hydrogen-bond donors (Lipinski definition) is 2. The fourth-order valence-corrected chi connectivity index (χ4v) is 6.40.